The summed E-state index contributed by atoms with van der Waals surface area (Å²) in [5, 5.41) is 10.5. The van der Waals surface area contributed by atoms with Crippen molar-refractivity contribution in [1.29, 1.82) is 0 Å². The van der Waals surface area contributed by atoms with Crippen molar-refractivity contribution in [3.05, 3.63) is 23.8 Å². The number of β-amino-alcohol motifs (C(OH)–C–C–N with tert-alkyl or cyclic N) is 1. The molecule has 1 aromatic carbocycles. The molecule has 0 saturated carbocycles. The van der Waals surface area contributed by atoms with Gasteiger partial charge in [-0.1, -0.05) is 6.07 Å². The Kier molecular flexibility index (Phi) is 5.85. The Morgan fingerprint density at radius 2 is 1.86 bits per heavy atom. The highest BCUT2D eigenvalue weighted by Crippen LogP contribution is 2.30. The van der Waals surface area contributed by atoms with Gasteiger partial charge in [-0.05, 0) is 44.3 Å². The molecule has 1 atom stereocenters. The maximum absolute atomic E-state index is 10.5. The number of hydrogen-bond donors (Lipinski definition) is 1. The monoisotopic (exact) mass is 294 g/mol. The molecule has 1 aromatic rings. The Bertz CT molecular complexity index is 453. The van der Waals surface area contributed by atoms with Crippen molar-refractivity contribution in [3.8, 4) is 11.5 Å². The van der Waals surface area contributed by atoms with Crippen LogP contribution in [0.3, 0.4) is 0 Å². The number of hydrogen-bond acceptors (Lipinski definition) is 5. The number of likely N-dealkylation sites (N-methyl/N-ethyl adjacent to an activating group) is 1. The number of aliphatic hydroxyl groups is 1. The number of methoxy groups -OCH3 is 2. The molecule has 0 aromatic heterocycles. The largest absolute Gasteiger partial charge is 0.493 e. The predicted octanol–water partition coefficient (Wildman–Crippen LogP) is 1.37. The molecule has 2 rings (SSSR count). The first kappa shape index (κ1) is 16.1. The molecule has 0 radical (unpaired) electrons. The van der Waals surface area contributed by atoms with Gasteiger partial charge in [0.15, 0.2) is 11.5 Å². The maximum Gasteiger partial charge on any atom is 0.161 e. The normalized spacial score (nSPS) is 19.0. The first-order valence-corrected chi connectivity index (χ1v) is 7.45. The molecule has 1 saturated heterocycles. The quantitative estimate of drug-likeness (QED) is 0.889. The minimum Gasteiger partial charge on any atom is -0.493 e. The number of nitrogens with zero attached hydrogens (tertiary/aromatic N) is 2. The smallest absolute Gasteiger partial charge is 0.161 e. The van der Waals surface area contributed by atoms with Crippen molar-refractivity contribution in [3.63, 3.8) is 0 Å². The van der Waals surface area contributed by atoms with Gasteiger partial charge in [0.1, 0.15) is 0 Å². The topological polar surface area (TPSA) is 45.2 Å². The van der Waals surface area contributed by atoms with Crippen molar-refractivity contribution in [1.82, 2.24) is 9.80 Å². The van der Waals surface area contributed by atoms with E-state index in [-0.39, 0.29) is 0 Å². The van der Waals surface area contributed by atoms with E-state index in [0.29, 0.717) is 18.0 Å². The van der Waals surface area contributed by atoms with E-state index in [1.807, 2.05) is 18.2 Å². The van der Waals surface area contributed by atoms with Gasteiger partial charge in [0.25, 0.3) is 0 Å². The summed E-state index contributed by atoms with van der Waals surface area (Å²) in [4.78, 5) is 4.66. The van der Waals surface area contributed by atoms with Crippen LogP contribution in [0.15, 0.2) is 18.2 Å². The van der Waals surface area contributed by atoms with Crippen LogP contribution >= 0.6 is 0 Å². The SMILES string of the molecule is COc1ccc(C(O)CN2CCCN(C)CC2)cc1OC. The lowest BCUT2D eigenvalue weighted by Gasteiger charge is -2.24. The second kappa shape index (κ2) is 7.64. The van der Waals surface area contributed by atoms with Crippen molar-refractivity contribution in [2.24, 2.45) is 0 Å². The molecule has 1 N–H and O–H groups in total. The highest BCUT2D eigenvalue weighted by molar-refractivity contribution is 5.43. The van der Waals surface area contributed by atoms with Gasteiger partial charge in [-0.2, -0.15) is 0 Å². The van der Waals surface area contributed by atoms with E-state index in [0.717, 1.165) is 38.2 Å². The third-order valence-electron chi connectivity index (χ3n) is 4.04. The Hall–Kier alpha value is -1.30. The van der Waals surface area contributed by atoms with Crippen LogP contribution in [-0.4, -0.2) is 68.9 Å². The Labute approximate surface area is 127 Å². The second-order valence-corrected chi connectivity index (χ2v) is 5.59. The molecule has 0 bridgehead atoms. The Morgan fingerprint density at radius 1 is 1.10 bits per heavy atom. The van der Waals surface area contributed by atoms with Crippen molar-refractivity contribution < 1.29 is 14.6 Å². The highest BCUT2D eigenvalue weighted by atomic mass is 16.5. The summed E-state index contributed by atoms with van der Waals surface area (Å²) in [7, 11) is 5.37. The predicted molar refractivity (Wildman–Crippen MR) is 83.1 cm³/mol. The van der Waals surface area contributed by atoms with Crippen LogP contribution in [0.5, 0.6) is 11.5 Å². The Balaban J connectivity index is 2.00. The van der Waals surface area contributed by atoms with Crippen molar-refractivity contribution in [2.45, 2.75) is 12.5 Å². The average molecular weight is 294 g/mol. The standard InChI is InChI=1S/C16H26N2O3/c1-17-7-4-8-18(10-9-17)12-14(19)13-5-6-15(20-2)16(11-13)21-3/h5-6,11,14,19H,4,7-10,12H2,1-3H3. The van der Waals surface area contributed by atoms with Crippen LogP contribution < -0.4 is 9.47 Å². The molecule has 1 aliphatic heterocycles. The van der Waals surface area contributed by atoms with E-state index in [1.165, 1.54) is 0 Å². The molecule has 0 spiro atoms. The molecule has 5 nitrogen and oxygen atoms in total. The zero-order valence-electron chi connectivity index (χ0n) is 13.2. The fourth-order valence-electron chi connectivity index (χ4n) is 2.69. The molecular weight excluding hydrogens is 268 g/mol. The fourth-order valence-corrected chi connectivity index (χ4v) is 2.69. The highest BCUT2D eigenvalue weighted by Gasteiger charge is 2.18. The van der Waals surface area contributed by atoms with E-state index in [1.54, 1.807) is 14.2 Å². The summed E-state index contributed by atoms with van der Waals surface area (Å²) in [5.74, 6) is 1.34. The third kappa shape index (κ3) is 4.33. The van der Waals surface area contributed by atoms with Gasteiger partial charge in [-0.25, -0.2) is 0 Å². The van der Waals surface area contributed by atoms with E-state index in [2.05, 4.69) is 16.8 Å². The molecule has 5 heteroatoms. The lowest BCUT2D eigenvalue weighted by Crippen LogP contribution is -2.32. The molecule has 0 amide bonds. The van der Waals surface area contributed by atoms with Gasteiger partial charge in [-0.3, -0.25) is 4.90 Å². The van der Waals surface area contributed by atoms with Gasteiger partial charge in [0.2, 0.25) is 0 Å². The third-order valence-corrected chi connectivity index (χ3v) is 4.04. The lowest BCUT2D eigenvalue weighted by atomic mass is 10.1. The maximum atomic E-state index is 10.5. The van der Waals surface area contributed by atoms with Crippen LogP contribution in [0, 0.1) is 0 Å². The molecule has 1 heterocycles. The first-order chi connectivity index (χ1) is 10.1. The minimum atomic E-state index is -0.506. The lowest BCUT2D eigenvalue weighted by molar-refractivity contribution is 0.115. The van der Waals surface area contributed by atoms with E-state index in [9.17, 15) is 5.11 Å². The van der Waals surface area contributed by atoms with Gasteiger partial charge in [-0.15, -0.1) is 0 Å². The van der Waals surface area contributed by atoms with Crippen molar-refractivity contribution in [2.75, 3.05) is 54.0 Å². The summed E-state index contributed by atoms with van der Waals surface area (Å²) in [6.07, 6.45) is 0.642. The molecule has 1 fully saturated rings. The zero-order chi connectivity index (χ0) is 15.2. The Morgan fingerprint density at radius 3 is 2.57 bits per heavy atom. The number of aliphatic hydroxyl groups excluding tert-OH is 1. The van der Waals surface area contributed by atoms with Crippen LogP contribution in [0.1, 0.15) is 18.1 Å². The van der Waals surface area contributed by atoms with Crippen molar-refractivity contribution >= 4 is 0 Å². The van der Waals surface area contributed by atoms with Crippen LogP contribution in [-0.2, 0) is 0 Å². The summed E-state index contributed by atoms with van der Waals surface area (Å²) in [6, 6.07) is 5.59. The second-order valence-electron chi connectivity index (χ2n) is 5.59. The summed E-state index contributed by atoms with van der Waals surface area (Å²) in [5.41, 5.74) is 0.866. The molecule has 1 unspecified atom stereocenters. The molecule has 0 aliphatic carbocycles. The zero-order valence-corrected chi connectivity index (χ0v) is 13.2. The molecular formula is C16H26N2O3. The fraction of sp³-hybridized carbons (Fsp3) is 0.625. The van der Waals surface area contributed by atoms with Gasteiger partial charge >= 0.3 is 0 Å². The average Bonchev–Trinajstić information content (AvgIpc) is 2.71. The summed E-state index contributed by atoms with van der Waals surface area (Å²) in [6.45, 7) is 4.88. The molecule has 1 aliphatic rings. The van der Waals surface area contributed by atoms with Gasteiger partial charge in [0, 0.05) is 19.6 Å². The summed E-state index contributed by atoms with van der Waals surface area (Å²) >= 11 is 0. The van der Waals surface area contributed by atoms with Gasteiger partial charge < -0.3 is 19.5 Å². The molecule has 118 valence electrons. The summed E-state index contributed by atoms with van der Waals surface area (Å²) < 4.78 is 10.5. The van der Waals surface area contributed by atoms with Crippen LogP contribution in [0.2, 0.25) is 0 Å². The van der Waals surface area contributed by atoms with E-state index >= 15 is 0 Å². The number of rotatable bonds is 5. The van der Waals surface area contributed by atoms with Crippen LogP contribution in [0.4, 0.5) is 0 Å². The minimum absolute atomic E-state index is 0.506. The van der Waals surface area contributed by atoms with Gasteiger partial charge in [0.05, 0.1) is 20.3 Å². The van der Waals surface area contributed by atoms with Crippen LogP contribution in [0.25, 0.3) is 0 Å². The van der Waals surface area contributed by atoms with E-state index in [4.69, 9.17) is 9.47 Å². The first-order valence-electron chi connectivity index (χ1n) is 7.45. The van der Waals surface area contributed by atoms with E-state index < -0.39 is 6.10 Å². The number of ether oxygens (including phenoxy) is 2. The number of benzene rings is 1. The molecule has 21 heavy (non-hydrogen) atoms.